The van der Waals surface area contributed by atoms with Gasteiger partial charge in [0.2, 0.25) is 0 Å². The summed E-state index contributed by atoms with van der Waals surface area (Å²) in [7, 11) is 0. The van der Waals surface area contributed by atoms with Gasteiger partial charge < -0.3 is 20.4 Å². The number of hydrogen-bond donors (Lipinski definition) is 2. The third-order valence-electron chi connectivity index (χ3n) is 3.05. The summed E-state index contributed by atoms with van der Waals surface area (Å²) in [6.07, 6.45) is 4.47. The van der Waals surface area contributed by atoms with Crippen molar-refractivity contribution < 1.29 is 14.3 Å². The lowest BCUT2D eigenvalue weighted by Gasteiger charge is -2.13. The van der Waals surface area contributed by atoms with Gasteiger partial charge in [-0.25, -0.2) is 4.79 Å². The fraction of sp³-hybridized carbons (Fsp3) is 0.600. The van der Waals surface area contributed by atoms with E-state index in [2.05, 4.69) is 12.2 Å². The highest BCUT2D eigenvalue weighted by Gasteiger charge is 2.16. The molecule has 1 rings (SSSR count). The molecule has 1 aromatic rings. The summed E-state index contributed by atoms with van der Waals surface area (Å²) >= 11 is 0. The average molecular weight is 295 g/mol. The van der Waals surface area contributed by atoms with Crippen LogP contribution in [0.15, 0.2) is 12.3 Å². The molecular formula is C15H25N3O3. The molecule has 3 N–H and O–H groups in total. The molecule has 0 aromatic carbocycles. The van der Waals surface area contributed by atoms with Crippen LogP contribution in [-0.4, -0.2) is 29.1 Å². The lowest BCUT2D eigenvalue weighted by atomic mass is 10.2. The predicted octanol–water partition coefficient (Wildman–Crippen LogP) is 1.94. The first-order valence-electron chi connectivity index (χ1n) is 7.40. The van der Waals surface area contributed by atoms with E-state index >= 15 is 0 Å². The van der Waals surface area contributed by atoms with Gasteiger partial charge in [-0.05, 0) is 25.8 Å². The summed E-state index contributed by atoms with van der Waals surface area (Å²) in [5, 5.41) is 2.78. The van der Waals surface area contributed by atoms with Crippen LogP contribution in [-0.2, 0) is 16.1 Å². The lowest BCUT2D eigenvalue weighted by molar-refractivity contribution is -0.124. The smallest absolute Gasteiger partial charge is 0.355 e. The second-order valence-corrected chi connectivity index (χ2v) is 5.19. The van der Waals surface area contributed by atoms with Crippen molar-refractivity contribution >= 4 is 17.6 Å². The third-order valence-corrected chi connectivity index (χ3v) is 3.05. The second-order valence-electron chi connectivity index (χ2n) is 5.19. The van der Waals surface area contributed by atoms with Crippen LogP contribution < -0.4 is 11.1 Å². The molecule has 21 heavy (non-hydrogen) atoms. The molecule has 1 aromatic heterocycles. The van der Waals surface area contributed by atoms with Crippen LogP contribution in [0.4, 0.5) is 5.69 Å². The number of esters is 1. The van der Waals surface area contributed by atoms with Gasteiger partial charge in [-0.1, -0.05) is 20.3 Å². The standard InChI is InChI=1S/C15H25N3O3/c1-4-6-11(3)17-14(19)10-21-15(20)13-8-12(16)9-18(13)7-5-2/h8-9,11H,4-7,10,16H2,1-3H3,(H,17,19). The molecule has 0 saturated carbocycles. The van der Waals surface area contributed by atoms with E-state index in [0.29, 0.717) is 17.9 Å². The molecule has 1 heterocycles. The van der Waals surface area contributed by atoms with Crippen molar-refractivity contribution in [3.63, 3.8) is 0 Å². The molecule has 1 amide bonds. The number of nitrogens with one attached hydrogen (secondary N) is 1. The van der Waals surface area contributed by atoms with E-state index in [1.807, 2.05) is 13.8 Å². The largest absolute Gasteiger partial charge is 0.451 e. The first-order valence-corrected chi connectivity index (χ1v) is 7.40. The molecule has 0 aliphatic rings. The van der Waals surface area contributed by atoms with E-state index in [1.54, 1.807) is 16.8 Å². The number of carbonyl (C=O) groups excluding carboxylic acids is 2. The van der Waals surface area contributed by atoms with Gasteiger partial charge in [0.25, 0.3) is 5.91 Å². The van der Waals surface area contributed by atoms with Gasteiger partial charge in [0.05, 0.1) is 5.69 Å². The van der Waals surface area contributed by atoms with Crippen LogP contribution >= 0.6 is 0 Å². The molecule has 0 fully saturated rings. The Balaban J connectivity index is 2.52. The monoisotopic (exact) mass is 295 g/mol. The number of rotatable bonds is 8. The van der Waals surface area contributed by atoms with Gasteiger partial charge in [-0.2, -0.15) is 0 Å². The van der Waals surface area contributed by atoms with Crippen LogP contribution in [0.25, 0.3) is 0 Å². The van der Waals surface area contributed by atoms with E-state index in [-0.39, 0.29) is 18.6 Å². The van der Waals surface area contributed by atoms with Crippen molar-refractivity contribution in [2.45, 2.75) is 52.6 Å². The number of hydrogen-bond acceptors (Lipinski definition) is 4. The summed E-state index contributed by atoms with van der Waals surface area (Å²) in [5.74, 6) is -0.815. The number of nitrogen functional groups attached to an aromatic ring is 1. The van der Waals surface area contributed by atoms with Gasteiger partial charge in [-0.3, -0.25) is 4.79 Å². The number of carbonyl (C=O) groups is 2. The Morgan fingerprint density at radius 2 is 2.10 bits per heavy atom. The molecule has 6 heteroatoms. The average Bonchev–Trinajstić information content (AvgIpc) is 2.78. The summed E-state index contributed by atoms with van der Waals surface area (Å²) in [4.78, 5) is 23.7. The van der Waals surface area contributed by atoms with Crippen molar-refractivity contribution in [2.75, 3.05) is 12.3 Å². The zero-order chi connectivity index (χ0) is 15.8. The van der Waals surface area contributed by atoms with Crippen molar-refractivity contribution in [3.05, 3.63) is 18.0 Å². The quantitative estimate of drug-likeness (QED) is 0.718. The molecule has 0 radical (unpaired) electrons. The number of amides is 1. The summed E-state index contributed by atoms with van der Waals surface area (Å²) in [6.45, 7) is 6.39. The number of ether oxygens (including phenoxy) is 1. The number of nitrogens with two attached hydrogens (primary N) is 1. The van der Waals surface area contributed by atoms with Crippen molar-refractivity contribution in [3.8, 4) is 0 Å². The van der Waals surface area contributed by atoms with Crippen LogP contribution in [0.3, 0.4) is 0 Å². The highest BCUT2D eigenvalue weighted by atomic mass is 16.5. The van der Waals surface area contributed by atoms with Gasteiger partial charge in [-0.15, -0.1) is 0 Å². The molecule has 6 nitrogen and oxygen atoms in total. The molecule has 0 aliphatic heterocycles. The highest BCUT2D eigenvalue weighted by molar-refractivity contribution is 5.91. The van der Waals surface area contributed by atoms with E-state index < -0.39 is 5.97 Å². The Kier molecular flexibility index (Phi) is 6.78. The van der Waals surface area contributed by atoms with Crippen molar-refractivity contribution in [1.29, 1.82) is 0 Å². The topological polar surface area (TPSA) is 86.3 Å². The number of anilines is 1. The Bertz CT molecular complexity index is 483. The van der Waals surface area contributed by atoms with E-state index in [1.165, 1.54) is 0 Å². The Labute approximate surface area is 125 Å². The van der Waals surface area contributed by atoms with Crippen LogP contribution in [0.1, 0.15) is 50.5 Å². The third kappa shape index (κ3) is 5.49. The van der Waals surface area contributed by atoms with Crippen LogP contribution in [0, 0.1) is 0 Å². The highest BCUT2D eigenvalue weighted by Crippen LogP contribution is 2.12. The normalized spacial score (nSPS) is 12.0. The summed E-state index contributed by atoms with van der Waals surface area (Å²) in [6, 6.07) is 1.65. The molecule has 1 unspecified atom stereocenters. The van der Waals surface area contributed by atoms with E-state index in [9.17, 15) is 9.59 Å². The number of aryl methyl sites for hydroxylation is 1. The van der Waals surface area contributed by atoms with Crippen molar-refractivity contribution in [2.24, 2.45) is 0 Å². The molecule has 0 bridgehead atoms. The van der Waals surface area contributed by atoms with Gasteiger partial charge in [0, 0.05) is 18.8 Å². The minimum atomic E-state index is -0.529. The number of aromatic nitrogens is 1. The van der Waals surface area contributed by atoms with E-state index in [0.717, 1.165) is 19.3 Å². The Morgan fingerprint density at radius 3 is 2.71 bits per heavy atom. The molecule has 0 saturated heterocycles. The maximum atomic E-state index is 12.0. The predicted molar refractivity (Wildman–Crippen MR) is 81.9 cm³/mol. The van der Waals surface area contributed by atoms with Gasteiger partial charge >= 0.3 is 5.97 Å². The van der Waals surface area contributed by atoms with Crippen LogP contribution in [0.5, 0.6) is 0 Å². The van der Waals surface area contributed by atoms with E-state index in [4.69, 9.17) is 10.5 Å². The fourth-order valence-electron chi connectivity index (χ4n) is 2.16. The summed E-state index contributed by atoms with van der Waals surface area (Å²) < 4.78 is 6.79. The Morgan fingerprint density at radius 1 is 1.38 bits per heavy atom. The first-order chi connectivity index (χ1) is 9.97. The molecule has 118 valence electrons. The molecule has 1 atom stereocenters. The molecule has 0 aliphatic carbocycles. The van der Waals surface area contributed by atoms with Crippen molar-refractivity contribution in [1.82, 2.24) is 9.88 Å². The maximum absolute atomic E-state index is 12.0. The van der Waals surface area contributed by atoms with Crippen LogP contribution in [0.2, 0.25) is 0 Å². The van der Waals surface area contributed by atoms with Gasteiger partial charge in [0.1, 0.15) is 5.69 Å². The maximum Gasteiger partial charge on any atom is 0.355 e. The molecular weight excluding hydrogens is 270 g/mol. The summed E-state index contributed by atoms with van der Waals surface area (Å²) in [5.41, 5.74) is 6.58. The molecule has 0 spiro atoms. The lowest BCUT2D eigenvalue weighted by Crippen LogP contribution is -2.35. The zero-order valence-corrected chi connectivity index (χ0v) is 13.0. The number of nitrogens with zero attached hydrogens (tertiary/aromatic N) is 1. The fourth-order valence-corrected chi connectivity index (χ4v) is 2.16. The minimum Gasteiger partial charge on any atom is -0.451 e. The zero-order valence-electron chi connectivity index (χ0n) is 13.0. The first kappa shape index (κ1) is 17.1. The second kappa shape index (κ2) is 8.34. The van der Waals surface area contributed by atoms with Gasteiger partial charge in [0.15, 0.2) is 6.61 Å². The Hall–Kier alpha value is -1.98. The minimum absolute atomic E-state index is 0.0841. The SMILES string of the molecule is CCCC(C)NC(=O)COC(=O)c1cc(N)cn1CCC.